The molecule has 0 amide bonds. The minimum Gasteiger partial charge on any atom is -0.491 e. The molecule has 0 atom stereocenters. The summed E-state index contributed by atoms with van der Waals surface area (Å²) in [7, 11) is 4.11. The smallest absolute Gasteiger partial charge is 0.144 e. The van der Waals surface area contributed by atoms with Crippen LogP contribution in [-0.2, 0) is 0 Å². The molecule has 1 aromatic heterocycles. The Morgan fingerprint density at radius 1 is 1.08 bits per heavy atom. The molecule has 3 nitrogen and oxygen atoms in total. The van der Waals surface area contributed by atoms with Gasteiger partial charge in [-0.05, 0) is 69.4 Å². The standard InChI is InChI=1S/C19H22Cl2N2O.ClH/c1-14-5-8-19(24-10-4-9-23(2)3)18(22-14)7-6-15-11-16(20)13-17(21)12-15;/h5-8,11-13H,4,9-10H2,1-3H3;1H. The zero-order valence-electron chi connectivity index (χ0n) is 14.6. The van der Waals surface area contributed by atoms with E-state index in [1.54, 1.807) is 6.07 Å². The predicted molar refractivity (Wildman–Crippen MR) is 110 cm³/mol. The summed E-state index contributed by atoms with van der Waals surface area (Å²) < 4.78 is 5.89. The van der Waals surface area contributed by atoms with Crippen LogP contribution >= 0.6 is 35.6 Å². The third kappa shape index (κ3) is 7.66. The highest BCUT2D eigenvalue weighted by Crippen LogP contribution is 2.23. The summed E-state index contributed by atoms with van der Waals surface area (Å²) in [5.41, 5.74) is 2.67. The fraction of sp³-hybridized carbons (Fsp3) is 0.316. The van der Waals surface area contributed by atoms with Crippen LogP contribution in [0.1, 0.15) is 23.4 Å². The summed E-state index contributed by atoms with van der Waals surface area (Å²) in [6.45, 7) is 3.61. The van der Waals surface area contributed by atoms with Gasteiger partial charge >= 0.3 is 0 Å². The summed E-state index contributed by atoms with van der Waals surface area (Å²) in [6, 6.07) is 9.34. The molecule has 0 saturated heterocycles. The maximum atomic E-state index is 6.04. The van der Waals surface area contributed by atoms with Crippen molar-refractivity contribution in [1.29, 1.82) is 0 Å². The summed E-state index contributed by atoms with van der Waals surface area (Å²) in [5, 5.41) is 1.22. The Balaban J connectivity index is 0.00000312. The largest absolute Gasteiger partial charge is 0.491 e. The van der Waals surface area contributed by atoms with E-state index in [1.807, 2.05) is 43.3 Å². The van der Waals surface area contributed by atoms with E-state index >= 15 is 0 Å². The molecule has 0 radical (unpaired) electrons. The van der Waals surface area contributed by atoms with Crippen LogP contribution in [0, 0.1) is 6.92 Å². The maximum absolute atomic E-state index is 6.04. The van der Waals surface area contributed by atoms with Crippen molar-refractivity contribution in [3.63, 3.8) is 0 Å². The van der Waals surface area contributed by atoms with Crippen molar-refractivity contribution in [2.45, 2.75) is 13.3 Å². The van der Waals surface area contributed by atoms with Gasteiger partial charge in [0.25, 0.3) is 0 Å². The van der Waals surface area contributed by atoms with Crippen molar-refractivity contribution in [3.8, 4) is 5.75 Å². The van der Waals surface area contributed by atoms with Crippen molar-refractivity contribution < 1.29 is 4.74 Å². The molecule has 0 aliphatic heterocycles. The predicted octanol–water partition coefficient (Wildman–Crippen LogP) is 5.62. The number of benzene rings is 1. The molecule has 0 aliphatic carbocycles. The van der Waals surface area contributed by atoms with Crippen LogP contribution in [0.3, 0.4) is 0 Å². The Bertz CT molecular complexity index is 698. The lowest BCUT2D eigenvalue weighted by atomic mass is 10.2. The van der Waals surface area contributed by atoms with Gasteiger partial charge in [-0.15, -0.1) is 12.4 Å². The molecule has 1 heterocycles. The number of ether oxygens (including phenoxy) is 1. The van der Waals surface area contributed by atoms with Gasteiger partial charge in [0.2, 0.25) is 0 Å². The van der Waals surface area contributed by atoms with Gasteiger partial charge in [-0.3, -0.25) is 0 Å². The first-order chi connectivity index (χ1) is 11.4. The van der Waals surface area contributed by atoms with E-state index in [-0.39, 0.29) is 12.4 Å². The third-order valence-corrected chi connectivity index (χ3v) is 3.79. The lowest BCUT2D eigenvalue weighted by Crippen LogP contribution is -2.15. The Morgan fingerprint density at radius 2 is 1.76 bits per heavy atom. The number of aromatic nitrogens is 1. The number of pyridine rings is 1. The molecule has 25 heavy (non-hydrogen) atoms. The molecule has 6 heteroatoms. The van der Waals surface area contributed by atoms with E-state index in [9.17, 15) is 0 Å². The van der Waals surface area contributed by atoms with Gasteiger partial charge in [-0.1, -0.05) is 29.3 Å². The van der Waals surface area contributed by atoms with Gasteiger partial charge in [-0.2, -0.15) is 0 Å². The molecule has 2 aromatic rings. The topological polar surface area (TPSA) is 25.4 Å². The van der Waals surface area contributed by atoms with Crippen LogP contribution in [0.2, 0.25) is 10.0 Å². The van der Waals surface area contributed by atoms with Crippen LogP contribution in [0.15, 0.2) is 30.3 Å². The molecule has 2 rings (SSSR count). The number of nitrogens with zero attached hydrogens (tertiary/aromatic N) is 2. The van der Waals surface area contributed by atoms with Gasteiger partial charge in [0, 0.05) is 22.3 Å². The van der Waals surface area contributed by atoms with E-state index in [4.69, 9.17) is 27.9 Å². The molecular formula is C19H23Cl3N2O. The van der Waals surface area contributed by atoms with Crippen molar-refractivity contribution >= 4 is 47.8 Å². The highest BCUT2D eigenvalue weighted by atomic mass is 35.5. The quantitative estimate of drug-likeness (QED) is 0.563. The minimum absolute atomic E-state index is 0. The second-order valence-electron chi connectivity index (χ2n) is 5.88. The second kappa shape index (κ2) is 10.7. The van der Waals surface area contributed by atoms with Gasteiger partial charge in [-0.25, -0.2) is 4.98 Å². The number of aryl methyl sites for hydroxylation is 1. The van der Waals surface area contributed by atoms with Crippen LogP contribution in [0.5, 0.6) is 5.75 Å². The lowest BCUT2D eigenvalue weighted by Gasteiger charge is -2.12. The number of halogens is 3. The first kappa shape index (κ1) is 21.8. The average Bonchev–Trinajstić information content (AvgIpc) is 2.50. The summed E-state index contributed by atoms with van der Waals surface area (Å²) in [6.07, 6.45) is 4.83. The summed E-state index contributed by atoms with van der Waals surface area (Å²) >= 11 is 12.1. The molecule has 0 saturated carbocycles. The SMILES string of the molecule is Cc1ccc(OCCCN(C)C)c(C=Cc2cc(Cl)cc(Cl)c2)n1.Cl. The highest BCUT2D eigenvalue weighted by Gasteiger charge is 2.04. The summed E-state index contributed by atoms with van der Waals surface area (Å²) in [4.78, 5) is 6.70. The molecule has 0 aliphatic rings. The number of hydrogen-bond acceptors (Lipinski definition) is 3. The number of rotatable bonds is 7. The normalized spacial score (nSPS) is 11.0. The average molecular weight is 402 g/mol. The van der Waals surface area contributed by atoms with E-state index in [1.165, 1.54) is 0 Å². The van der Waals surface area contributed by atoms with Crippen LogP contribution in [-0.4, -0.2) is 37.1 Å². The molecule has 0 unspecified atom stereocenters. The molecule has 1 aromatic carbocycles. The molecule has 136 valence electrons. The zero-order valence-corrected chi connectivity index (χ0v) is 17.0. The Hall–Kier alpha value is -1.26. The van der Waals surface area contributed by atoms with Gasteiger partial charge in [0.15, 0.2) is 0 Å². The van der Waals surface area contributed by atoms with E-state index in [0.29, 0.717) is 16.7 Å². The maximum Gasteiger partial charge on any atom is 0.144 e. The van der Waals surface area contributed by atoms with Crippen LogP contribution in [0.4, 0.5) is 0 Å². The first-order valence-corrected chi connectivity index (χ1v) is 8.59. The van der Waals surface area contributed by atoms with E-state index in [0.717, 1.165) is 35.7 Å². The van der Waals surface area contributed by atoms with Crippen molar-refractivity contribution in [2.24, 2.45) is 0 Å². The summed E-state index contributed by atoms with van der Waals surface area (Å²) in [5.74, 6) is 0.781. The fourth-order valence-corrected chi connectivity index (χ4v) is 2.76. The lowest BCUT2D eigenvalue weighted by molar-refractivity contribution is 0.280. The second-order valence-corrected chi connectivity index (χ2v) is 6.75. The van der Waals surface area contributed by atoms with Gasteiger partial charge in [0.1, 0.15) is 11.4 Å². The van der Waals surface area contributed by atoms with Crippen LogP contribution in [0.25, 0.3) is 12.2 Å². The van der Waals surface area contributed by atoms with Crippen LogP contribution < -0.4 is 4.74 Å². The van der Waals surface area contributed by atoms with Crippen molar-refractivity contribution in [1.82, 2.24) is 9.88 Å². The van der Waals surface area contributed by atoms with E-state index in [2.05, 4.69) is 24.0 Å². The van der Waals surface area contributed by atoms with Crippen molar-refractivity contribution in [2.75, 3.05) is 27.2 Å². The molecule has 0 N–H and O–H groups in total. The zero-order chi connectivity index (χ0) is 17.5. The third-order valence-electron chi connectivity index (χ3n) is 3.35. The molecular weight excluding hydrogens is 379 g/mol. The minimum atomic E-state index is 0. The highest BCUT2D eigenvalue weighted by molar-refractivity contribution is 6.34. The molecule has 0 bridgehead atoms. The van der Waals surface area contributed by atoms with E-state index < -0.39 is 0 Å². The number of hydrogen-bond donors (Lipinski definition) is 0. The Kier molecular flexibility index (Phi) is 9.30. The Morgan fingerprint density at radius 3 is 2.40 bits per heavy atom. The van der Waals surface area contributed by atoms with Gasteiger partial charge in [0.05, 0.1) is 6.61 Å². The fourth-order valence-electron chi connectivity index (χ4n) is 2.21. The monoisotopic (exact) mass is 400 g/mol. The molecule has 0 fully saturated rings. The Labute approximate surface area is 166 Å². The van der Waals surface area contributed by atoms with Gasteiger partial charge < -0.3 is 9.64 Å². The first-order valence-electron chi connectivity index (χ1n) is 7.83. The van der Waals surface area contributed by atoms with Crippen molar-refractivity contribution in [3.05, 3.63) is 57.3 Å². The molecule has 0 spiro atoms.